The minimum absolute atomic E-state index is 0.0516. The molecule has 2 aromatic rings. The van der Waals surface area contributed by atoms with E-state index in [2.05, 4.69) is 0 Å². The second-order valence-corrected chi connectivity index (χ2v) is 9.72. The van der Waals surface area contributed by atoms with Crippen LogP contribution >= 0.6 is 11.6 Å². The van der Waals surface area contributed by atoms with Crippen molar-refractivity contribution in [1.29, 1.82) is 0 Å². The first kappa shape index (κ1) is 22.5. The summed E-state index contributed by atoms with van der Waals surface area (Å²) in [5.41, 5.74) is -1.38. The number of nitrogens with zero attached hydrogens (tertiary/aromatic N) is 2. The molecule has 162 valence electrons. The summed E-state index contributed by atoms with van der Waals surface area (Å²) in [5.74, 6) is -1.84. The van der Waals surface area contributed by atoms with E-state index in [0.29, 0.717) is 0 Å². The first-order valence-corrected chi connectivity index (χ1v) is 11.0. The number of piperazine rings is 1. The molecule has 3 rings (SSSR count). The van der Waals surface area contributed by atoms with Crippen molar-refractivity contribution in [2.75, 3.05) is 26.2 Å². The molecule has 1 fully saturated rings. The van der Waals surface area contributed by atoms with E-state index in [9.17, 15) is 22.0 Å². The molecular weight excluding hydrogens is 438 g/mol. The summed E-state index contributed by atoms with van der Waals surface area (Å²) in [4.78, 5) is 14.2. The summed E-state index contributed by atoms with van der Waals surface area (Å²) in [7, 11) is -3.87. The molecule has 2 aromatic carbocycles. The van der Waals surface area contributed by atoms with Gasteiger partial charge in [-0.2, -0.15) is 4.31 Å². The lowest BCUT2D eigenvalue weighted by Gasteiger charge is -2.38. The number of sulfonamides is 1. The van der Waals surface area contributed by atoms with Crippen molar-refractivity contribution in [3.63, 3.8) is 0 Å². The third-order valence-electron chi connectivity index (χ3n) is 4.73. The van der Waals surface area contributed by atoms with Crippen molar-refractivity contribution < 1.29 is 26.7 Å². The van der Waals surface area contributed by atoms with Crippen molar-refractivity contribution in [2.45, 2.75) is 24.3 Å². The summed E-state index contributed by atoms with van der Waals surface area (Å²) >= 11 is 5.73. The largest absolute Gasteiger partial charge is 0.475 e. The quantitative estimate of drug-likeness (QED) is 0.689. The fraction of sp³-hybridized carbons (Fsp3) is 0.350. The lowest BCUT2D eigenvalue weighted by atomic mass is 10.1. The zero-order valence-electron chi connectivity index (χ0n) is 16.4. The number of halogens is 3. The van der Waals surface area contributed by atoms with Gasteiger partial charge in [0.25, 0.3) is 5.91 Å². The highest BCUT2D eigenvalue weighted by Gasteiger charge is 2.38. The molecule has 0 radical (unpaired) electrons. The predicted molar refractivity (Wildman–Crippen MR) is 108 cm³/mol. The summed E-state index contributed by atoms with van der Waals surface area (Å²) in [5, 5.41) is 0.208. The number of ether oxygens (including phenoxy) is 1. The number of benzene rings is 2. The third-order valence-corrected chi connectivity index (χ3v) is 6.86. The van der Waals surface area contributed by atoms with Gasteiger partial charge in [0, 0.05) is 31.2 Å². The van der Waals surface area contributed by atoms with E-state index < -0.39 is 33.2 Å². The highest BCUT2D eigenvalue weighted by atomic mass is 35.5. The maximum absolute atomic E-state index is 14.0. The van der Waals surface area contributed by atoms with Crippen LogP contribution < -0.4 is 4.74 Å². The summed E-state index contributed by atoms with van der Waals surface area (Å²) in [6.07, 6.45) is 0. The van der Waals surface area contributed by atoms with E-state index in [0.717, 1.165) is 12.1 Å². The second kappa shape index (κ2) is 8.49. The van der Waals surface area contributed by atoms with Gasteiger partial charge in [-0.25, -0.2) is 17.2 Å². The van der Waals surface area contributed by atoms with Gasteiger partial charge in [-0.05, 0) is 50.2 Å². The molecule has 0 saturated carbocycles. The van der Waals surface area contributed by atoms with Crippen LogP contribution in [0, 0.1) is 11.6 Å². The molecule has 10 heteroatoms. The first-order chi connectivity index (χ1) is 14.0. The first-order valence-electron chi connectivity index (χ1n) is 9.20. The van der Waals surface area contributed by atoms with Crippen LogP contribution in [-0.4, -0.2) is 55.3 Å². The maximum Gasteiger partial charge on any atom is 0.266 e. The average molecular weight is 459 g/mol. The molecular formula is C20H21ClF2N2O4S. The zero-order chi connectivity index (χ0) is 22.1. The van der Waals surface area contributed by atoms with E-state index in [1.165, 1.54) is 53.4 Å². The number of carbonyl (C=O) groups excluding carboxylic acids is 1. The van der Waals surface area contributed by atoms with E-state index in [-0.39, 0.29) is 41.8 Å². The Kier molecular flexibility index (Phi) is 6.35. The number of hydrogen-bond acceptors (Lipinski definition) is 4. The Morgan fingerprint density at radius 3 is 2.33 bits per heavy atom. The van der Waals surface area contributed by atoms with E-state index >= 15 is 0 Å². The van der Waals surface area contributed by atoms with Gasteiger partial charge < -0.3 is 9.64 Å². The van der Waals surface area contributed by atoms with Crippen LogP contribution in [-0.2, 0) is 14.8 Å². The van der Waals surface area contributed by atoms with Crippen LogP contribution in [0.3, 0.4) is 0 Å². The Labute approximate surface area is 179 Å². The maximum atomic E-state index is 14.0. The molecule has 0 aliphatic carbocycles. The van der Waals surface area contributed by atoms with Crippen molar-refractivity contribution in [2.24, 2.45) is 0 Å². The molecule has 1 heterocycles. The molecule has 1 saturated heterocycles. The molecule has 0 N–H and O–H groups in total. The minimum atomic E-state index is -3.87. The van der Waals surface area contributed by atoms with Crippen LogP contribution in [0.25, 0.3) is 0 Å². The summed E-state index contributed by atoms with van der Waals surface area (Å²) < 4.78 is 59.6. The van der Waals surface area contributed by atoms with Gasteiger partial charge in [-0.3, -0.25) is 4.79 Å². The van der Waals surface area contributed by atoms with Gasteiger partial charge >= 0.3 is 0 Å². The van der Waals surface area contributed by atoms with Gasteiger partial charge in [0.15, 0.2) is 17.2 Å². The second-order valence-electron chi connectivity index (χ2n) is 7.34. The topological polar surface area (TPSA) is 66.9 Å². The van der Waals surface area contributed by atoms with Crippen molar-refractivity contribution in [1.82, 2.24) is 9.21 Å². The average Bonchev–Trinajstić information content (AvgIpc) is 2.69. The molecule has 6 nitrogen and oxygen atoms in total. The molecule has 0 spiro atoms. The highest BCUT2D eigenvalue weighted by Crippen LogP contribution is 2.27. The van der Waals surface area contributed by atoms with Crippen LogP contribution in [0.15, 0.2) is 47.4 Å². The van der Waals surface area contributed by atoms with Crippen molar-refractivity contribution in [3.8, 4) is 5.75 Å². The number of hydrogen-bond donors (Lipinski definition) is 0. The highest BCUT2D eigenvalue weighted by molar-refractivity contribution is 7.89. The molecule has 1 aliphatic heterocycles. The van der Waals surface area contributed by atoms with E-state index in [1.807, 2.05) is 0 Å². The van der Waals surface area contributed by atoms with Gasteiger partial charge in [0.1, 0.15) is 5.82 Å². The van der Waals surface area contributed by atoms with Gasteiger partial charge in [0.2, 0.25) is 10.0 Å². The van der Waals surface area contributed by atoms with Gasteiger partial charge in [-0.15, -0.1) is 0 Å². The Morgan fingerprint density at radius 1 is 1.07 bits per heavy atom. The van der Waals surface area contributed by atoms with Crippen LogP contribution in [0.1, 0.15) is 13.8 Å². The molecule has 1 amide bonds. The molecule has 0 bridgehead atoms. The molecule has 1 aliphatic rings. The lowest BCUT2D eigenvalue weighted by molar-refractivity contribution is -0.146. The Morgan fingerprint density at radius 2 is 1.73 bits per heavy atom. The monoisotopic (exact) mass is 458 g/mol. The lowest BCUT2D eigenvalue weighted by Crippen LogP contribution is -2.56. The molecule has 0 unspecified atom stereocenters. The fourth-order valence-electron chi connectivity index (χ4n) is 3.17. The normalized spacial score (nSPS) is 15.8. The Hall–Kier alpha value is -2.23. The van der Waals surface area contributed by atoms with E-state index in [1.54, 1.807) is 0 Å². The minimum Gasteiger partial charge on any atom is -0.475 e. The number of rotatable bonds is 5. The fourth-order valence-corrected chi connectivity index (χ4v) is 4.78. The molecule has 0 aromatic heterocycles. The predicted octanol–water partition coefficient (Wildman–Crippen LogP) is 3.31. The van der Waals surface area contributed by atoms with Crippen molar-refractivity contribution in [3.05, 3.63) is 59.1 Å². The Balaban J connectivity index is 1.67. The molecule has 30 heavy (non-hydrogen) atoms. The zero-order valence-corrected chi connectivity index (χ0v) is 18.0. The smallest absolute Gasteiger partial charge is 0.266 e. The van der Waals surface area contributed by atoms with Crippen molar-refractivity contribution >= 4 is 27.5 Å². The number of carbonyl (C=O) groups is 1. The van der Waals surface area contributed by atoms with Crippen LogP contribution in [0.2, 0.25) is 5.02 Å². The van der Waals surface area contributed by atoms with E-state index in [4.69, 9.17) is 16.3 Å². The van der Waals surface area contributed by atoms with Gasteiger partial charge in [-0.1, -0.05) is 17.7 Å². The number of amides is 1. The molecule has 0 atom stereocenters. The summed E-state index contributed by atoms with van der Waals surface area (Å²) in [6.45, 7) is 3.39. The van der Waals surface area contributed by atoms with Crippen LogP contribution in [0.4, 0.5) is 8.78 Å². The van der Waals surface area contributed by atoms with Gasteiger partial charge in [0.05, 0.1) is 4.90 Å². The van der Waals surface area contributed by atoms with Crippen LogP contribution in [0.5, 0.6) is 5.75 Å². The standard InChI is InChI=1S/C20H21ClF2N2O4S/c1-20(2,29-18-7-6-14(21)12-17(18)23)19(26)24-8-10-25(11-9-24)30(27,28)16-5-3-4-15(22)13-16/h3-7,12-13H,8-11H2,1-2H3. The summed E-state index contributed by atoms with van der Waals surface area (Å²) in [6, 6.07) is 8.68. The third kappa shape index (κ3) is 4.74. The Bertz CT molecular complexity index is 1050. The SMILES string of the molecule is CC(C)(Oc1ccc(Cl)cc1F)C(=O)N1CCN(S(=O)(=O)c2cccc(F)c2)CC1.